The van der Waals surface area contributed by atoms with Gasteiger partial charge in [0.15, 0.2) is 0 Å². The number of carboxylic acids is 1. The molecule has 0 spiro atoms. The van der Waals surface area contributed by atoms with Gasteiger partial charge in [-0.15, -0.1) is 0 Å². The molecule has 6 heteroatoms. The Morgan fingerprint density at radius 2 is 2.33 bits per heavy atom. The Morgan fingerprint density at radius 3 is 2.89 bits per heavy atom. The molecule has 1 aliphatic rings. The summed E-state index contributed by atoms with van der Waals surface area (Å²) in [4.78, 5) is 19.2. The molecule has 2 N–H and O–H groups in total. The predicted octanol–water partition coefficient (Wildman–Crippen LogP) is 1.46. The van der Waals surface area contributed by atoms with Crippen LogP contribution in [0, 0.1) is 12.8 Å². The standard InChI is InChI=1S/C12H17N3O3/c1-7-10(13-6-14-11(7)18-2)15-9(12(16)17)5-8-3-4-8/h6,8-9H,3-5H2,1-2H3,(H,16,17)(H,13,14,15). The average molecular weight is 251 g/mol. The van der Waals surface area contributed by atoms with Crippen LogP contribution in [0.2, 0.25) is 0 Å². The summed E-state index contributed by atoms with van der Waals surface area (Å²) in [6.45, 7) is 1.80. The summed E-state index contributed by atoms with van der Waals surface area (Å²) in [7, 11) is 1.53. The summed E-state index contributed by atoms with van der Waals surface area (Å²) in [6, 6.07) is -0.601. The second-order valence-corrected chi connectivity index (χ2v) is 4.57. The molecule has 0 radical (unpaired) electrons. The second kappa shape index (κ2) is 5.20. The third-order valence-electron chi connectivity index (χ3n) is 3.11. The second-order valence-electron chi connectivity index (χ2n) is 4.57. The highest BCUT2D eigenvalue weighted by molar-refractivity contribution is 5.77. The largest absolute Gasteiger partial charge is 0.481 e. The van der Waals surface area contributed by atoms with Crippen molar-refractivity contribution in [2.45, 2.75) is 32.2 Å². The number of ether oxygens (including phenoxy) is 1. The molecule has 0 aliphatic heterocycles. The highest BCUT2D eigenvalue weighted by Gasteiger charge is 2.29. The zero-order valence-corrected chi connectivity index (χ0v) is 10.5. The fraction of sp³-hybridized carbons (Fsp3) is 0.583. The minimum Gasteiger partial charge on any atom is -0.481 e. The fourth-order valence-electron chi connectivity index (χ4n) is 1.86. The lowest BCUT2D eigenvalue weighted by Gasteiger charge is -2.16. The van der Waals surface area contributed by atoms with Crippen LogP contribution in [0.5, 0.6) is 5.88 Å². The molecule has 6 nitrogen and oxygen atoms in total. The summed E-state index contributed by atoms with van der Waals surface area (Å²) in [6.07, 6.45) is 4.25. The minimum absolute atomic E-state index is 0.461. The molecule has 0 bridgehead atoms. The van der Waals surface area contributed by atoms with E-state index in [4.69, 9.17) is 4.74 Å². The van der Waals surface area contributed by atoms with E-state index in [9.17, 15) is 9.90 Å². The summed E-state index contributed by atoms with van der Waals surface area (Å²) in [5.41, 5.74) is 0.724. The van der Waals surface area contributed by atoms with Crippen LogP contribution in [0.3, 0.4) is 0 Å². The molecule has 1 heterocycles. The number of anilines is 1. The lowest BCUT2D eigenvalue weighted by Crippen LogP contribution is -2.30. The number of methoxy groups -OCH3 is 1. The van der Waals surface area contributed by atoms with Gasteiger partial charge in [-0.3, -0.25) is 0 Å². The van der Waals surface area contributed by atoms with Crippen molar-refractivity contribution in [3.05, 3.63) is 11.9 Å². The zero-order chi connectivity index (χ0) is 13.1. The maximum Gasteiger partial charge on any atom is 0.326 e. The number of hydrogen-bond acceptors (Lipinski definition) is 5. The van der Waals surface area contributed by atoms with Crippen LogP contribution in [-0.4, -0.2) is 34.2 Å². The quantitative estimate of drug-likeness (QED) is 0.796. The van der Waals surface area contributed by atoms with Crippen LogP contribution < -0.4 is 10.1 Å². The van der Waals surface area contributed by atoms with Gasteiger partial charge < -0.3 is 15.2 Å². The van der Waals surface area contributed by atoms with Crippen molar-refractivity contribution in [2.75, 3.05) is 12.4 Å². The molecule has 98 valence electrons. The average Bonchev–Trinajstić information content (AvgIpc) is 3.14. The Bertz CT molecular complexity index is 446. The number of hydrogen-bond donors (Lipinski definition) is 2. The first-order valence-electron chi connectivity index (χ1n) is 5.96. The van der Waals surface area contributed by atoms with E-state index in [0.29, 0.717) is 24.0 Å². The molecule has 1 unspecified atom stereocenters. The first-order valence-corrected chi connectivity index (χ1v) is 5.96. The molecule has 0 amide bonds. The topological polar surface area (TPSA) is 84.3 Å². The molecule has 1 fully saturated rings. The number of nitrogens with zero attached hydrogens (tertiary/aromatic N) is 2. The van der Waals surface area contributed by atoms with Gasteiger partial charge in [-0.25, -0.2) is 14.8 Å². The number of aliphatic carboxylic acids is 1. The van der Waals surface area contributed by atoms with E-state index >= 15 is 0 Å². The highest BCUT2D eigenvalue weighted by Crippen LogP contribution is 2.34. The van der Waals surface area contributed by atoms with Crippen molar-refractivity contribution >= 4 is 11.8 Å². The first-order chi connectivity index (χ1) is 8.61. The number of aromatic nitrogens is 2. The van der Waals surface area contributed by atoms with Crippen LogP contribution in [0.1, 0.15) is 24.8 Å². The molecule has 1 aromatic heterocycles. The molecular formula is C12H17N3O3. The summed E-state index contributed by atoms with van der Waals surface area (Å²) >= 11 is 0. The molecular weight excluding hydrogens is 234 g/mol. The number of nitrogens with one attached hydrogen (secondary N) is 1. The van der Waals surface area contributed by atoms with E-state index in [2.05, 4.69) is 15.3 Å². The summed E-state index contributed by atoms with van der Waals surface area (Å²) in [5.74, 6) is 0.666. The molecule has 1 aliphatic carbocycles. The summed E-state index contributed by atoms with van der Waals surface area (Å²) in [5, 5.41) is 12.2. The van der Waals surface area contributed by atoms with Crippen molar-refractivity contribution < 1.29 is 14.6 Å². The van der Waals surface area contributed by atoms with E-state index in [1.54, 1.807) is 6.92 Å². The van der Waals surface area contributed by atoms with Crippen molar-refractivity contribution in [3.63, 3.8) is 0 Å². The lowest BCUT2D eigenvalue weighted by molar-refractivity contribution is -0.138. The van der Waals surface area contributed by atoms with Crippen LogP contribution in [0.4, 0.5) is 5.82 Å². The monoisotopic (exact) mass is 251 g/mol. The molecule has 1 saturated carbocycles. The molecule has 0 saturated heterocycles. The summed E-state index contributed by atoms with van der Waals surface area (Å²) < 4.78 is 5.08. The van der Waals surface area contributed by atoms with E-state index in [1.807, 2.05) is 0 Å². The maximum absolute atomic E-state index is 11.2. The van der Waals surface area contributed by atoms with Gasteiger partial charge >= 0.3 is 5.97 Å². The third kappa shape index (κ3) is 2.88. The molecule has 1 aromatic rings. The SMILES string of the molecule is COc1ncnc(NC(CC2CC2)C(=O)O)c1C. The van der Waals surface area contributed by atoms with Gasteiger partial charge in [0.2, 0.25) is 5.88 Å². The first kappa shape index (κ1) is 12.6. The predicted molar refractivity (Wildman–Crippen MR) is 65.7 cm³/mol. The third-order valence-corrected chi connectivity index (χ3v) is 3.11. The number of carboxylic acid groups (broad SMARTS) is 1. The maximum atomic E-state index is 11.2. The van der Waals surface area contributed by atoms with Gasteiger partial charge in [0.25, 0.3) is 0 Å². The highest BCUT2D eigenvalue weighted by atomic mass is 16.5. The van der Waals surface area contributed by atoms with Crippen LogP contribution in [0.15, 0.2) is 6.33 Å². The van der Waals surface area contributed by atoms with Gasteiger partial charge in [0.05, 0.1) is 12.7 Å². The van der Waals surface area contributed by atoms with Gasteiger partial charge in [0.1, 0.15) is 18.2 Å². The smallest absolute Gasteiger partial charge is 0.326 e. The number of rotatable bonds is 6. The normalized spacial score (nSPS) is 16.1. The molecule has 1 atom stereocenters. The zero-order valence-electron chi connectivity index (χ0n) is 10.5. The van der Waals surface area contributed by atoms with Gasteiger partial charge in [-0.05, 0) is 19.3 Å². The Labute approximate surface area is 105 Å². The van der Waals surface area contributed by atoms with E-state index < -0.39 is 12.0 Å². The van der Waals surface area contributed by atoms with Crippen LogP contribution >= 0.6 is 0 Å². The van der Waals surface area contributed by atoms with Crippen molar-refractivity contribution in [1.29, 1.82) is 0 Å². The van der Waals surface area contributed by atoms with E-state index in [0.717, 1.165) is 18.4 Å². The van der Waals surface area contributed by atoms with E-state index in [-0.39, 0.29) is 0 Å². The van der Waals surface area contributed by atoms with E-state index in [1.165, 1.54) is 13.4 Å². The minimum atomic E-state index is -0.848. The van der Waals surface area contributed by atoms with Crippen molar-refractivity contribution in [3.8, 4) is 5.88 Å². The molecule has 0 aromatic carbocycles. The Balaban J connectivity index is 2.12. The van der Waals surface area contributed by atoms with Gasteiger partial charge in [-0.1, -0.05) is 12.8 Å². The number of carbonyl (C=O) groups is 1. The Kier molecular flexibility index (Phi) is 3.64. The van der Waals surface area contributed by atoms with Crippen LogP contribution in [-0.2, 0) is 4.79 Å². The van der Waals surface area contributed by atoms with Gasteiger partial charge in [0, 0.05) is 0 Å². The Morgan fingerprint density at radius 1 is 1.61 bits per heavy atom. The lowest BCUT2D eigenvalue weighted by atomic mass is 10.1. The van der Waals surface area contributed by atoms with Crippen molar-refractivity contribution in [1.82, 2.24) is 9.97 Å². The molecule has 2 rings (SSSR count). The molecule has 18 heavy (non-hydrogen) atoms. The fourth-order valence-corrected chi connectivity index (χ4v) is 1.86. The van der Waals surface area contributed by atoms with Crippen LogP contribution in [0.25, 0.3) is 0 Å². The van der Waals surface area contributed by atoms with Crippen molar-refractivity contribution in [2.24, 2.45) is 5.92 Å². The Hall–Kier alpha value is -1.85. The van der Waals surface area contributed by atoms with Gasteiger partial charge in [-0.2, -0.15) is 0 Å².